The molecular formula is C22H21ClN2O3. The number of aromatic carboxylic acids is 1. The summed E-state index contributed by atoms with van der Waals surface area (Å²) in [5.41, 5.74) is 3.86. The molecule has 1 heterocycles. The standard InChI is InChI=1S/C22H21ClN2O3/c23-20-12-17(22(27)28)7-8-19(20)16-5-3-15(4-6-16)9-11-25-14-21(26)18-2-1-10-24-13-18/h1-8,10,12-13,21,25-26H,9,11,14H2,(H,27,28)/t21-/m0/s1. The molecule has 0 spiro atoms. The van der Waals surface area contributed by atoms with Crippen molar-refractivity contribution in [3.63, 3.8) is 0 Å². The summed E-state index contributed by atoms with van der Waals surface area (Å²) in [6.07, 6.45) is 3.60. The summed E-state index contributed by atoms with van der Waals surface area (Å²) in [4.78, 5) is 15.0. The van der Waals surface area contributed by atoms with Gasteiger partial charge >= 0.3 is 5.97 Å². The van der Waals surface area contributed by atoms with E-state index in [-0.39, 0.29) is 5.56 Å². The van der Waals surface area contributed by atoms with Crippen molar-refractivity contribution in [2.75, 3.05) is 13.1 Å². The number of nitrogens with one attached hydrogen (secondary N) is 1. The van der Waals surface area contributed by atoms with Crippen molar-refractivity contribution >= 4 is 17.6 Å². The number of carboxylic acid groups (broad SMARTS) is 1. The molecule has 0 aliphatic heterocycles. The van der Waals surface area contributed by atoms with Crippen LogP contribution in [0.2, 0.25) is 5.02 Å². The van der Waals surface area contributed by atoms with Gasteiger partial charge in [0, 0.05) is 35.1 Å². The first kappa shape index (κ1) is 20.0. The SMILES string of the molecule is O=C(O)c1ccc(-c2ccc(CCNC[C@H](O)c3cccnc3)cc2)c(Cl)c1. The average Bonchev–Trinajstić information content (AvgIpc) is 2.72. The zero-order valence-corrected chi connectivity index (χ0v) is 15.9. The van der Waals surface area contributed by atoms with Gasteiger partial charge in [0.05, 0.1) is 11.7 Å². The number of hydrogen-bond donors (Lipinski definition) is 3. The molecule has 0 radical (unpaired) electrons. The van der Waals surface area contributed by atoms with Crippen molar-refractivity contribution in [2.45, 2.75) is 12.5 Å². The maximum atomic E-state index is 11.0. The highest BCUT2D eigenvalue weighted by atomic mass is 35.5. The lowest BCUT2D eigenvalue weighted by atomic mass is 10.0. The number of aromatic nitrogens is 1. The molecule has 6 heteroatoms. The third kappa shape index (κ3) is 5.16. The van der Waals surface area contributed by atoms with Crippen LogP contribution >= 0.6 is 11.6 Å². The van der Waals surface area contributed by atoms with E-state index in [0.717, 1.165) is 35.2 Å². The molecule has 144 valence electrons. The smallest absolute Gasteiger partial charge is 0.335 e. The Labute approximate surface area is 168 Å². The number of halogens is 1. The number of rotatable bonds is 8. The largest absolute Gasteiger partial charge is 0.478 e. The van der Waals surface area contributed by atoms with Gasteiger partial charge in [-0.2, -0.15) is 0 Å². The van der Waals surface area contributed by atoms with E-state index in [1.807, 2.05) is 36.4 Å². The number of pyridine rings is 1. The Morgan fingerprint density at radius 1 is 1.14 bits per heavy atom. The predicted octanol–water partition coefficient (Wildman–Crippen LogP) is 3.97. The summed E-state index contributed by atoms with van der Waals surface area (Å²) < 4.78 is 0. The lowest BCUT2D eigenvalue weighted by Gasteiger charge is -2.12. The average molecular weight is 397 g/mol. The number of aliphatic hydroxyl groups excluding tert-OH is 1. The minimum absolute atomic E-state index is 0.171. The van der Waals surface area contributed by atoms with Gasteiger partial charge in [-0.3, -0.25) is 4.98 Å². The van der Waals surface area contributed by atoms with E-state index >= 15 is 0 Å². The summed E-state index contributed by atoms with van der Waals surface area (Å²) in [6, 6.07) is 16.4. The molecule has 0 aliphatic rings. The van der Waals surface area contributed by atoms with Gasteiger partial charge in [0.2, 0.25) is 0 Å². The molecule has 0 aliphatic carbocycles. The number of aliphatic hydroxyl groups is 1. The Bertz CT molecular complexity index is 930. The zero-order chi connectivity index (χ0) is 19.9. The molecule has 3 N–H and O–H groups in total. The van der Waals surface area contributed by atoms with Gasteiger partial charge in [0.1, 0.15) is 0 Å². The second kappa shape index (κ2) is 9.46. The quantitative estimate of drug-likeness (QED) is 0.502. The second-order valence-corrected chi connectivity index (χ2v) is 6.86. The van der Waals surface area contributed by atoms with Gasteiger partial charge in [-0.1, -0.05) is 48.0 Å². The van der Waals surface area contributed by atoms with Crippen molar-refractivity contribution in [2.24, 2.45) is 0 Å². The first-order valence-corrected chi connectivity index (χ1v) is 9.33. The molecule has 5 nitrogen and oxygen atoms in total. The van der Waals surface area contributed by atoms with Crippen LogP contribution in [0.1, 0.15) is 27.6 Å². The van der Waals surface area contributed by atoms with Gasteiger partial charge < -0.3 is 15.5 Å². The van der Waals surface area contributed by atoms with E-state index in [1.54, 1.807) is 24.5 Å². The summed E-state index contributed by atoms with van der Waals surface area (Å²) in [7, 11) is 0. The monoisotopic (exact) mass is 396 g/mol. The maximum Gasteiger partial charge on any atom is 0.335 e. The first-order chi connectivity index (χ1) is 13.5. The molecular weight excluding hydrogens is 376 g/mol. The molecule has 0 bridgehead atoms. The van der Waals surface area contributed by atoms with Crippen LogP contribution in [0.25, 0.3) is 11.1 Å². The fraction of sp³-hybridized carbons (Fsp3) is 0.182. The van der Waals surface area contributed by atoms with Crippen LogP contribution in [0.3, 0.4) is 0 Å². The highest BCUT2D eigenvalue weighted by molar-refractivity contribution is 6.33. The summed E-state index contributed by atoms with van der Waals surface area (Å²) in [6.45, 7) is 1.21. The van der Waals surface area contributed by atoms with E-state index < -0.39 is 12.1 Å². The Morgan fingerprint density at radius 2 is 1.93 bits per heavy atom. The van der Waals surface area contributed by atoms with E-state index in [9.17, 15) is 9.90 Å². The second-order valence-electron chi connectivity index (χ2n) is 6.45. The van der Waals surface area contributed by atoms with Gasteiger partial charge in [-0.15, -0.1) is 0 Å². The Morgan fingerprint density at radius 3 is 2.57 bits per heavy atom. The summed E-state index contributed by atoms with van der Waals surface area (Å²) >= 11 is 6.23. The predicted molar refractivity (Wildman–Crippen MR) is 110 cm³/mol. The number of nitrogens with zero attached hydrogens (tertiary/aromatic N) is 1. The minimum atomic E-state index is -0.995. The molecule has 28 heavy (non-hydrogen) atoms. The number of benzene rings is 2. The Hall–Kier alpha value is -2.73. The van der Waals surface area contributed by atoms with Crippen molar-refractivity contribution in [3.8, 4) is 11.1 Å². The number of carboxylic acids is 1. The molecule has 1 atom stereocenters. The topological polar surface area (TPSA) is 82.5 Å². The van der Waals surface area contributed by atoms with Crippen LogP contribution in [0.15, 0.2) is 67.0 Å². The Balaban J connectivity index is 1.53. The van der Waals surface area contributed by atoms with Crippen LogP contribution < -0.4 is 5.32 Å². The molecule has 0 saturated carbocycles. The van der Waals surface area contributed by atoms with Crippen molar-refractivity contribution in [1.29, 1.82) is 0 Å². The van der Waals surface area contributed by atoms with Crippen LogP contribution in [0.4, 0.5) is 0 Å². The van der Waals surface area contributed by atoms with Crippen LogP contribution in [-0.2, 0) is 6.42 Å². The van der Waals surface area contributed by atoms with E-state index in [4.69, 9.17) is 16.7 Å². The third-order valence-electron chi connectivity index (χ3n) is 4.48. The fourth-order valence-electron chi connectivity index (χ4n) is 2.90. The van der Waals surface area contributed by atoms with Crippen molar-refractivity contribution in [1.82, 2.24) is 10.3 Å². The third-order valence-corrected chi connectivity index (χ3v) is 4.79. The fourth-order valence-corrected chi connectivity index (χ4v) is 3.19. The molecule has 2 aromatic carbocycles. The van der Waals surface area contributed by atoms with Crippen molar-refractivity contribution < 1.29 is 15.0 Å². The van der Waals surface area contributed by atoms with E-state index in [2.05, 4.69) is 10.3 Å². The molecule has 1 aromatic heterocycles. The first-order valence-electron chi connectivity index (χ1n) is 8.95. The highest BCUT2D eigenvalue weighted by Gasteiger charge is 2.09. The number of hydrogen-bond acceptors (Lipinski definition) is 4. The molecule has 3 aromatic rings. The van der Waals surface area contributed by atoms with E-state index in [0.29, 0.717) is 11.6 Å². The molecule has 0 unspecified atom stereocenters. The molecule has 3 rings (SSSR count). The van der Waals surface area contributed by atoms with Crippen LogP contribution in [0.5, 0.6) is 0 Å². The lowest BCUT2D eigenvalue weighted by Crippen LogP contribution is -2.23. The van der Waals surface area contributed by atoms with Gasteiger partial charge in [0.25, 0.3) is 0 Å². The minimum Gasteiger partial charge on any atom is -0.478 e. The molecule has 0 fully saturated rings. The van der Waals surface area contributed by atoms with Gasteiger partial charge in [-0.25, -0.2) is 4.79 Å². The zero-order valence-electron chi connectivity index (χ0n) is 15.2. The Kier molecular flexibility index (Phi) is 6.76. The van der Waals surface area contributed by atoms with Gasteiger partial charge in [0.15, 0.2) is 0 Å². The molecule has 0 saturated heterocycles. The lowest BCUT2D eigenvalue weighted by molar-refractivity contribution is 0.0697. The number of carbonyl (C=O) groups is 1. The summed E-state index contributed by atoms with van der Waals surface area (Å²) in [5.74, 6) is -0.995. The normalized spacial score (nSPS) is 11.9. The van der Waals surface area contributed by atoms with Crippen LogP contribution in [0, 0.1) is 0 Å². The van der Waals surface area contributed by atoms with Gasteiger partial charge in [-0.05, 0) is 42.3 Å². The maximum absolute atomic E-state index is 11.0. The van der Waals surface area contributed by atoms with Crippen molar-refractivity contribution in [3.05, 3.63) is 88.7 Å². The molecule has 0 amide bonds. The highest BCUT2D eigenvalue weighted by Crippen LogP contribution is 2.29. The van der Waals surface area contributed by atoms with Crippen LogP contribution in [-0.4, -0.2) is 34.3 Å². The summed E-state index contributed by atoms with van der Waals surface area (Å²) in [5, 5.41) is 22.8. The van der Waals surface area contributed by atoms with E-state index in [1.165, 1.54) is 6.07 Å².